The summed E-state index contributed by atoms with van der Waals surface area (Å²) in [6, 6.07) is 9.67. The Labute approximate surface area is 155 Å². The van der Waals surface area contributed by atoms with Crippen LogP contribution in [0.5, 0.6) is 0 Å². The number of pyridine rings is 1. The van der Waals surface area contributed by atoms with E-state index in [4.69, 9.17) is 5.26 Å². The van der Waals surface area contributed by atoms with Crippen LogP contribution in [-0.2, 0) is 16.0 Å². The molecule has 0 spiro atoms. The fraction of sp³-hybridized carbons (Fsp3) is 0.211. The van der Waals surface area contributed by atoms with Gasteiger partial charge in [-0.25, -0.2) is 14.4 Å². The molecule has 27 heavy (non-hydrogen) atoms. The summed E-state index contributed by atoms with van der Waals surface area (Å²) in [5.74, 6) is -0.724. The summed E-state index contributed by atoms with van der Waals surface area (Å²) in [6.07, 6.45) is 2.57. The van der Waals surface area contributed by atoms with Crippen LogP contribution in [0.15, 0.2) is 41.6 Å². The lowest BCUT2D eigenvalue weighted by atomic mass is 10.0. The fourth-order valence-electron chi connectivity index (χ4n) is 2.62. The number of carbonyl (C=O) groups excluding carboxylic acids is 2. The molecule has 1 aliphatic rings. The van der Waals surface area contributed by atoms with Gasteiger partial charge in [0.25, 0.3) is 5.91 Å². The van der Waals surface area contributed by atoms with E-state index in [9.17, 15) is 14.0 Å². The van der Waals surface area contributed by atoms with Crippen LogP contribution in [0.3, 0.4) is 0 Å². The zero-order chi connectivity index (χ0) is 19.4. The van der Waals surface area contributed by atoms with Crippen LogP contribution in [0.2, 0.25) is 0 Å². The van der Waals surface area contributed by atoms with Gasteiger partial charge in [0.15, 0.2) is 0 Å². The average molecular weight is 365 g/mol. The Kier molecular flexibility index (Phi) is 5.22. The number of benzene rings is 1. The van der Waals surface area contributed by atoms with Gasteiger partial charge < -0.3 is 5.32 Å². The third-order valence-corrected chi connectivity index (χ3v) is 4.10. The summed E-state index contributed by atoms with van der Waals surface area (Å²) in [5.41, 5.74) is 1.83. The highest BCUT2D eigenvalue weighted by Gasteiger charge is 2.22. The molecule has 0 radical (unpaired) electrons. The molecule has 2 heterocycles. The largest absolute Gasteiger partial charge is 0.305 e. The smallest absolute Gasteiger partial charge is 0.273 e. The Balaban J connectivity index is 1.64. The Bertz CT molecular complexity index is 963. The molecule has 136 valence electrons. The number of halogens is 1. The molecule has 2 amide bonds. The van der Waals surface area contributed by atoms with E-state index >= 15 is 0 Å². The minimum atomic E-state index is -0.552. The Morgan fingerprint density at radius 1 is 1.30 bits per heavy atom. The number of hydrogen-bond acceptors (Lipinski definition) is 5. The first-order valence-corrected chi connectivity index (χ1v) is 8.25. The molecule has 0 fully saturated rings. The van der Waals surface area contributed by atoms with Crippen molar-refractivity contribution in [1.29, 1.82) is 5.26 Å². The molecule has 7 nitrogen and oxygen atoms in total. The highest BCUT2D eigenvalue weighted by Crippen LogP contribution is 2.15. The van der Waals surface area contributed by atoms with Crippen molar-refractivity contribution in [2.24, 2.45) is 5.10 Å². The maximum atomic E-state index is 13.7. The molecular weight excluding hydrogens is 349 g/mol. The number of nitrogens with zero attached hydrogens (tertiary/aromatic N) is 4. The van der Waals surface area contributed by atoms with E-state index in [1.165, 1.54) is 19.2 Å². The molecule has 1 aromatic carbocycles. The molecule has 0 aliphatic carbocycles. The first-order valence-electron chi connectivity index (χ1n) is 8.25. The van der Waals surface area contributed by atoms with Gasteiger partial charge in [0.1, 0.15) is 23.4 Å². The zero-order valence-corrected chi connectivity index (χ0v) is 14.6. The summed E-state index contributed by atoms with van der Waals surface area (Å²) < 4.78 is 13.7. The maximum Gasteiger partial charge on any atom is 0.273 e. The maximum absolute atomic E-state index is 13.7. The molecule has 0 saturated heterocycles. The van der Waals surface area contributed by atoms with Crippen molar-refractivity contribution >= 4 is 23.3 Å². The van der Waals surface area contributed by atoms with Crippen molar-refractivity contribution in [3.05, 3.63) is 59.0 Å². The second kappa shape index (κ2) is 7.74. The summed E-state index contributed by atoms with van der Waals surface area (Å²) in [6.45, 7) is 0. The minimum absolute atomic E-state index is 0.00732. The number of amides is 2. The minimum Gasteiger partial charge on any atom is -0.305 e. The first-order chi connectivity index (χ1) is 13.0. The number of nitrogens with one attached hydrogen (secondary N) is 1. The van der Waals surface area contributed by atoms with Crippen LogP contribution in [0.4, 0.5) is 10.2 Å². The molecule has 0 bridgehead atoms. The van der Waals surface area contributed by atoms with Crippen LogP contribution >= 0.6 is 0 Å². The van der Waals surface area contributed by atoms with Crippen molar-refractivity contribution in [3.63, 3.8) is 0 Å². The summed E-state index contributed by atoms with van der Waals surface area (Å²) in [5, 5.41) is 16.5. The third-order valence-electron chi connectivity index (χ3n) is 4.10. The molecule has 8 heteroatoms. The lowest BCUT2D eigenvalue weighted by Gasteiger charge is -2.18. The van der Waals surface area contributed by atoms with Gasteiger partial charge in [-0.05, 0) is 35.7 Å². The van der Waals surface area contributed by atoms with Crippen molar-refractivity contribution in [1.82, 2.24) is 9.99 Å². The van der Waals surface area contributed by atoms with Crippen LogP contribution in [0.25, 0.3) is 0 Å². The van der Waals surface area contributed by atoms with Gasteiger partial charge in [-0.15, -0.1) is 0 Å². The Morgan fingerprint density at radius 3 is 2.70 bits per heavy atom. The van der Waals surface area contributed by atoms with E-state index in [-0.39, 0.29) is 30.0 Å². The van der Waals surface area contributed by atoms with E-state index < -0.39 is 11.7 Å². The standard InChI is InChI=1S/C19H16FN5O2/c1-25-18(26)7-5-16(24-25)19(27)23-17-6-3-13(11-22-17)8-12-2-4-14(10-21)15(20)9-12/h2-4,6,9,11H,5,7-8H2,1H3,(H,22,23,27). The molecule has 1 aromatic heterocycles. The van der Waals surface area contributed by atoms with Gasteiger partial charge in [-0.2, -0.15) is 10.4 Å². The van der Waals surface area contributed by atoms with Crippen LogP contribution < -0.4 is 5.32 Å². The quantitative estimate of drug-likeness (QED) is 0.898. The molecule has 1 N–H and O–H groups in total. The van der Waals surface area contributed by atoms with E-state index in [2.05, 4.69) is 15.4 Å². The van der Waals surface area contributed by atoms with E-state index in [1.54, 1.807) is 30.5 Å². The Morgan fingerprint density at radius 2 is 2.07 bits per heavy atom. The average Bonchev–Trinajstić information content (AvgIpc) is 2.65. The van der Waals surface area contributed by atoms with Gasteiger partial charge >= 0.3 is 0 Å². The molecule has 1 aliphatic heterocycles. The number of nitriles is 1. The molecule has 0 atom stereocenters. The van der Waals surface area contributed by atoms with Crippen molar-refractivity contribution < 1.29 is 14.0 Å². The van der Waals surface area contributed by atoms with Gasteiger partial charge in [0.2, 0.25) is 5.91 Å². The number of hydrazone groups is 1. The second-order valence-corrected chi connectivity index (χ2v) is 6.07. The summed E-state index contributed by atoms with van der Waals surface area (Å²) >= 11 is 0. The predicted octanol–water partition coefficient (Wildman–Crippen LogP) is 2.23. The summed E-state index contributed by atoms with van der Waals surface area (Å²) in [7, 11) is 1.51. The second-order valence-electron chi connectivity index (χ2n) is 6.07. The van der Waals surface area contributed by atoms with Crippen LogP contribution in [0, 0.1) is 17.1 Å². The lowest BCUT2D eigenvalue weighted by Crippen LogP contribution is -2.34. The SMILES string of the molecule is CN1N=C(C(=O)Nc2ccc(Cc3ccc(C#N)c(F)c3)cn2)CCC1=O. The zero-order valence-electron chi connectivity index (χ0n) is 14.6. The number of rotatable bonds is 4. The molecule has 2 aromatic rings. The molecule has 0 saturated carbocycles. The van der Waals surface area contributed by atoms with Crippen molar-refractivity contribution in [2.75, 3.05) is 12.4 Å². The van der Waals surface area contributed by atoms with Gasteiger partial charge in [-0.1, -0.05) is 12.1 Å². The summed E-state index contributed by atoms with van der Waals surface area (Å²) in [4.78, 5) is 27.8. The van der Waals surface area contributed by atoms with Crippen LogP contribution in [0.1, 0.15) is 29.5 Å². The van der Waals surface area contributed by atoms with Crippen LogP contribution in [-0.4, -0.2) is 34.6 Å². The lowest BCUT2D eigenvalue weighted by molar-refractivity contribution is -0.130. The number of anilines is 1. The van der Waals surface area contributed by atoms with Gasteiger partial charge in [0.05, 0.1) is 5.56 Å². The highest BCUT2D eigenvalue weighted by molar-refractivity contribution is 6.43. The third kappa shape index (κ3) is 4.33. The highest BCUT2D eigenvalue weighted by atomic mass is 19.1. The molecular formula is C19H16FN5O2. The number of carbonyl (C=O) groups is 2. The topological polar surface area (TPSA) is 98.5 Å². The monoisotopic (exact) mass is 365 g/mol. The number of aromatic nitrogens is 1. The van der Waals surface area contributed by atoms with E-state index in [1.807, 2.05) is 0 Å². The predicted molar refractivity (Wildman–Crippen MR) is 96.2 cm³/mol. The number of hydrogen-bond donors (Lipinski definition) is 1. The van der Waals surface area contributed by atoms with Crippen molar-refractivity contribution in [3.8, 4) is 6.07 Å². The van der Waals surface area contributed by atoms with Gasteiger partial charge in [-0.3, -0.25) is 9.59 Å². The van der Waals surface area contributed by atoms with Gasteiger partial charge in [0, 0.05) is 26.1 Å². The first kappa shape index (κ1) is 18.2. The Hall–Kier alpha value is -3.60. The molecule has 3 rings (SSSR count). The van der Waals surface area contributed by atoms with E-state index in [0.717, 1.165) is 10.6 Å². The fourth-order valence-corrected chi connectivity index (χ4v) is 2.62. The molecule has 0 unspecified atom stereocenters. The normalized spacial score (nSPS) is 13.7. The van der Waals surface area contributed by atoms with E-state index in [0.29, 0.717) is 17.8 Å². The van der Waals surface area contributed by atoms with Crippen molar-refractivity contribution in [2.45, 2.75) is 19.3 Å².